The summed E-state index contributed by atoms with van der Waals surface area (Å²) in [6, 6.07) is 14.8. The van der Waals surface area contributed by atoms with Gasteiger partial charge in [0.05, 0.1) is 6.61 Å². The van der Waals surface area contributed by atoms with Crippen LogP contribution >= 0.6 is 0 Å². The molecule has 1 aliphatic carbocycles. The highest BCUT2D eigenvalue weighted by Crippen LogP contribution is 2.28. The number of hydrogen-bond acceptors (Lipinski definition) is 3. The molecule has 1 amide bonds. The molecule has 1 N–H and O–H groups in total. The second kappa shape index (κ2) is 10.8. The van der Waals surface area contributed by atoms with Crippen LogP contribution in [0.1, 0.15) is 72.5 Å². The summed E-state index contributed by atoms with van der Waals surface area (Å²) in [5.74, 6) is 1.62. The number of benzene rings is 2. The Morgan fingerprint density at radius 1 is 1.10 bits per heavy atom. The van der Waals surface area contributed by atoms with E-state index in [0.717, 1.165) is 62.5 Å². The molecule has 2 aromatic carbocycles. The van der Waals surface area contributed by atoms with Gasteiger partial charge in [0.15, 0.2) is 0 Å². The lowest BCUT2D eigenvalue weighted by molar-refractivity contribution is 0.0951. The summed E-state index contributed by atoms with van der Waals surface area (Å²) < 4.78 is 6.18. The normalized spacial score (nSPS) is 17.8. The first-order valence-corrected chi connectivity index (χ1v) is 12.1. The van der Waals surface area contributed by atoms with Gasteiger partial charge in [-0.1, -0.05) is 31.2 Å². The Morgan fingerprint density at radius 2 is 1.97 bits per heavy atom. The fourth-order valence-electron chi connectivity index (χ4n) is 4.36. The van der Waals surface area contributed by atoms with E-state index in [1.54, 1.807) is 0 Å². The van der Waals surface area contributed by atoms with E-state index in [1.807, 2.05) is 18.2 Å². The number of rotatable bonds is 5. The molecule has 1 fully saturated rings. The average molecular weight is 421 g/mol. The van der Waals surface area contributed by atoms with Crippen molar-refractivity contribution in [1.82, 2.24) is 10.2 Å². The van der Waals surface area contributed by atoms with Crippen LogP contribution in [0.15, 0.2) is 42.5 Å². The van der Waals surface area contributed by atoms with Crippen molar-refractivity contribution in [2.45, 2.75) is 58.4 Å². The third-order valence-corrected chi connectivity index (χ3v) is 6.28. The fourth-order valence-corrected chi connectivity index (χ4v) is 4.36. The Labute approximate surface area is 187 Å². The predicted molar refractivity (Wildman–Crippen MR) is 126 cm³/mol. The van der Waals surface area contributed by atoms with E-state index in [1.165, 1.54) is 43.2 Å². The van der Waals surface area contributed by atoms with Crippen LogP contribution in [-0.4, -0.2) is 37.0 Å². The van der Waals surface area contributed by atoms with Gasteiger partial charge in [0.2, 0.25) is 0 Å². The fraction of sp³-hybridized carbons (Fsp3) is 0.519. The molecule has 0 aromatic heterocycles. The van der Waals surface area contributed by atoms with Crippen LogP contribution < -0.4 is 10.1 Å². The SMILES string of the molecule is CCCN1CCCCCOc2ccc(C(=O)NCC3CC3)cc2Cc2cccc(c2)C1. The van der Waals surface area contributed by atoms with Crippen LogP contribution in [0, 0.1) is 5.92 Å². The number of fused-ring (bicyclic) bond motifs is 3. The summed E-state index contributed by atoms with van der Waals surface area (Å²) in [4.78, 5) is 15.2. The molecule has 2 bridgehead atoms. The van der Waals surface area contributed by atoms with Gasteiger partial charge in [-0.15, -0.1) is 0 Å². The predicted octanol–water partition coefficient (Wildman–Crippen LogP) is 5.19. The second-order valence-electron chi connectivity index (χ2n) is 9.16. The highest BCUT2D eigenvalue weighted by Gasteiger charge is 2.22. The summed E-state index contributed by atoms with van der Waals surface area (Å²) in [5, 5.41) is 3.09. The van der Waals surface area contributed by atoms with E-state index < -0.39 is 0 Å². The van der Waals surface area contributed by atoms with Crippen molar-refractivity contribution < 1.29 is 9.53 Å². The molecular weight excluding hydrogens is 384 g/mol. The monoisotopic (exact) mass is 420 g/mol. The van der Waals surface area contributed by atoms with Gasteiger partial charge in [-0.3, -0.25) is 9.69 Å². The molecule has 0 unspecified atom stereocenters. The molecule has 1 heterocycles. The number of hydrogen-bond donors (Lipinski definition) is 1. The van der Waals surface area contributed by atoms with Crippen molar-refractivity contribution in [1.29, 1.82) is 0 Å². The van der Waals surface area contributed by atoms with Gasteiger partial charge in [0.1, 0.15) is 5.75 Å². The Bertz CT molecular complexity index is 875. The maximum absolute atomic E-state index is 12.6. The first-order valence-electron chi connectivity index (χ1n) is 12.1. The first-order chi connectivity index (χ1) is 15.2. The largest absolute Gasteiger partial charge is 0.493 e. The molecule has 1 saturated carbocycles. The minimum absolute atomic E-state index is 0.0260. The molecule has 31 heavy (non-hydrogen) atoms. The molecule has 0 radical (unpaired) electrons. The van der Waals surface area contributed by atoms with E-state index in [0.29, 0.717) is 5.92 Å². The van der Waals surface area contributed by atoms with Crippen molar-refractivity contribution in [2.24, 2.45) is 5.92 Å². The van der Waals surface area contributed by atoms with E-state index in [-0.39, 0.29) is 5.91 Å². The third kappa shape index (κ3) is 6.57. The van der Waals surface area contributed by atoms with Gasteiger partial charge >= 0.3 is 0 Å². The standard InChI is InChI=1S/C27H36N2O2/c1-2-13-29-14-4-3-5-15-31-26-12-11-24(27(30)28-19-21-9-10-21)18-25(26)17-22-7-6-8-23(16-22)20-29/h6-8,11-12,16,18,21H,2-5,9-10,13-15,17,19-20H2,1H3,(H,28,30). The number of nitrogens with one attached hydrogen (secondary N) is 1. The molecule has 4 heteroatoms. The summed E-state index contributed by atoms with van der Waals surface area (Å²) in [5.41, 5.74) is 4.46. The van der Waals surface area contributed by atoms with E-state index in [2.05, 4.69) is 41.4 Å². The molecule has 4 rings (SSSR count). The molecular formula is C27H36N2O2. The van der Waals surface area contributed by atoms with Gasteiger partial charge in [-0.05, 0) is 92.4 Å². The van der Waals surface area contributed by atoms with E-state index >= 15 is 0 Å². The average Bonchev–Trinajstić information content (AvgIpc) is 3.59. The highest BCUT2D eigenvalue weighted by atomic mass is 16.5. The minimum Gasteiger partial charge on any atom is -0.493 e. The van der Waals surface area contributed by atoms with Crippen molar-refractivity contribution in [2.75, 3.05) is 26.2 Å². The third-order valence-electron chi connectivity index (χ3n) is 6.28. The summed E-state index contributed by atoms with van der Waals surface area (Å²) in [7, 11) is 0. The zero-order valence-electron chi connectivity index (χ0n) is 18.9. The Morgan fingerprint density at radius 3 is 2.81 bits per heavy atom. The molecule has 2 aliphatic rings. The number of carbonyl (C=O) groups is 1. The number of carbonyl (C=O) groups excluding carboxylic acids is 1. The van der Waals surface area contributed by atoms with E-state index in [9.17, 15) is 4.79 Å². The lowest BCUT2D eigenvalue weighted by atomic mass is 9.99. The molecule has 0 spiro atoms. The first kappa shape index (κ1) is 21.9. The summed E-state index contributed by atoms with van der Waals surface area (Å²) >= 11 is 0. The minimum atomic E-state index is 0.0260. The van der Waals surface area contributed by atoms with Crippen LogP contribution in [0.2, 0.25) is 0 Å². The van der Waals surface area contributed by atoms with Crippen LogP contribution in [0.3, 0.4) is 0 Å². The molecule has 166 valence electrons. The maximum Gasteiger partial charge on any atom is 0.251 e. The van der Waals surface area contributed by atoms with Crippen LogP contribution in [-0.2, 0) is 13.0 Å². The number of ether oxygens (including phenoxy) is 1. The lowest BCUT2D eigenvalue weighted by Gasteiger charge is -2.22. The maximum atomic E-state index is 12.6. The van der Waals surface area contributed by atoms with Crippen molar-refractivity contribution >= 4 is 5.91 Å². The molecule has 0 atom stereocenters. The van der Waals surface area contributed by atoms with Gasteiger partial charge in [-0.2, -0.15) is 0 Å². The molecule has 2 aromatic rings. The zero-order chi connectivity index (χ0) is 21.5. The zero-order valence-corrected chi connectivity index (χ0v) is 18.9. The highest BCUT2D eigenvalue weighted by molar-refractivity contribution is 5.94. The van der Waals surface area contributed by atoms with Crippen molar-refractivity contribution in [3.63, 3.8) is 0 Å². The van der Waals surface area contributed by atoms with Crippen molar-refractivity contribution in [3.05, 3.63) is 64.7 Å². The molecule has 1 aliphatic heterocycles. The van der Waals surface area contributed by atoms with E-state index in [4.69, 9.17) is 4.74 Å². The Balaban J connectivity index is 1.56. The van der Waals surface area contributed by atoms with Gasteiger partial charge in [-0.25, -0.2) is 0 Å². The Kier molecular flexibility index (Phi) is 7.63. The Hall–Kier alpha value is -2.33. The molecule has 0 saturated heterocycles. The summed E-state index contributed by atoms with van der Waals surface area (Å²) in [6.07, 6.45) is 7.89. The van der Waals surface area contributed by atoms with Gasteiger partial charge in [0.25, 0.3) is 5.91 Å². The number of amides is 1. The van der Waals surface area contributed by atoms with Gasteiger partial charge < -0.3 is 10.1 Å². The summed E-state index contributed by atoms with van der Waals surface area (Å²) in [6.45, 7) is 7.08. The van der Waals surface area contributed by atoms with Crippen LogP contribution in [0.25, 0.3) is 0 Å². The second-order valence-corrected chi connectivity index (χ2v) is 9.16. The van der Waals surface area contributed by atoms with Crippen LogP contribution in [0.4, 0.5) is 0 Å². The topological polar surface area (TPSA) is 41.6 Å². The lowest BCUT2D eigenvalue weighted by Crippen LogP contribution is -2.26. The molecule has 4 nitrogen and oxygen atoms in total. The smallest absolute Gasteiger partial charge is 0.251 e. The number of nitrogens with zero attached hydrogens (tertiary/aromatic N) is 1. The quantitative estimate of drug-likeness (QED) is 0.724. The van der Waals surface area contributed by atoms with Crippen molar-refractivity contribution in [3.8, 4) is 5.75 Å². The van der Waals surface area contributed by atoms with Crippen LogP contribution in [0.5, 0.6) is 5.75 Å². The van der Waals surface area contributed by atoms with Gasteiger partial charge in [0, 0.05) is 25.1 Å².